The first-order valence-corrected chi connectivity index (χ1v) is 6.69. The van der Waals surface area contributed by atoms with Gasteiger partial charge in [-0.2, -0.15) is 0 Å². The zero-order chi connectivity index (χ0) is 12.5. The molecule has 1 aliphatic rings. The van der Waals surface area contributed by atoms with E-state index in [2.05, 4.69) is 25.2 Å². The summed E-state index contributed by atoms with van der Waals surface area (Å²) in [7, 11) is 0. The van der Waals surface area contributed by atoms with E-state index in [-0.39, 0.29) is 17.5 Å². The second-order valence-corrected chi connectivity index (χ2v) is 6.25. The van der Waals surface area contributed by atoms with Crippen LogP contribution in [0.4, 0.5) is 4.79 Å². The lowest BCUT2D eigenvalue weighted by Gasteiger charge is -2.28. The maximum atomic E-state index is 11.9. The number of hydrogen-bond donors (Lipinski definition) is 2. The predicted molar refractivity (Wildman–Crippen MR) is 70.0 cm³/mol. The number of thiophene rings is 1. The molecule has 0 spiro atoms. The van der Waals surface area contributed by atoms with Crippen LogP contribution in [0, 0.1) is 5.41 Å². The standard InChI is InChI=1S/C12H19N3OS/c1-12(2,7-13)8-15-6-9(14-11(15)16)10-4-3-5-17-10/h3-5,9H,6-8,13H2,1-2H3,(H,14,16). The third-order valence-electron chi connectivity index (χ3n) is 3.05. The Kier molecular flexibility index (Phi) is 3.40. The van der Waals surface area contributed by atoms with Crippen LogP contribution in [-0.4, -0.2) is 30.6 Å². The van der Waals surface area contributed by atoms with Crippen molar-refractivity contribution in [2.24, 2.45) is 11.1 Å². The molecule has 2 amide bonds. The summed E-state index contributed by atoms with van der Waals surface area (Å²) in [5, 5.41) is 5.05. The number of urea groups is 1. The molecule has 0 aromatic carbocycles. The van der Waals surface area contributed by atoms with E-state index in [1.165, 1.54) is 4.88 Å². The van der Waals surface area contributed by atoms with Crippen LogP contribution in [0.25, 0.3) is 0 Å². The summed E-state index contributed by atoms with van der Waals surface area (Å²) >= 11 is 1.68. The average Bonchev–Trinajstić information content (AvgIpc) is 2.89. The van der Waals surface area contributed by atoms with Gasteiger partial charge in [0.1, 0.15) is 0 Å². The minimum Gasteiger partial charge on any atom is -0.330 e. The summed E-state index contributed by atoms with van der Waals surface area (Å²) in [5.41, 5.74) is 5.68. The van der Waals surface area contributed by atoms with E-state index in [0.717, 1.165) is 6.54 Å². The van der Waals surface area contributed by atoms with Crippen LogP contribution < -0.4 is 11.1 Å². The topological polar surface area (TPSA) is 58.4 Å². The van der Waals surface area contributed by atoms with Gasteiger partial charge in [-0.15, -0.1) is 11.3 Å². The summed E-state index contributed by atoms with van der Waals surface area (Å²) < 4.78 is 0. The van der Waals surface area contributed by atoms with Crippen molar-refractivity contribution in [3.63, 3.8) is 0 Å². The van der Waals surface area contributed by atoms with Gasteiger partial charge in [0.15, 0.2) is 0 Å². The molecule has 0 bridgehead atoms. The van der Waals surface area contributed by atoms with Crippen LogP contribution in [0.3, 0.4) is 0 Å². The second kappa shape index (κ2) is 4.66. The van der Waals surface area contributed by atoms with Crippen LogP contribution in [-0.2, 0) is 0 Å². The molecule has 4 nitrogen and oxygen atoms in total. The molecule has 0 aliphatic carbocycles. The Morgan fingerprint density at radius 1 is 1.65 bits per heavy atom. The lowest BCUT2D eigenvalue weighted by molar-refractivity contribution is 0.191. The van der Waals surface area contributed by atoms with Crippen LogP contribution >= 0.6 is 11.3 Å². The molecule has 2 rings (SSSR count). The van der Waals surface area contributed by atoms with Gasteiger partial charge < -0.3 is 16.0 Å². The van der Waals surface area contributed by atoms with Gasteiger partial charge in [0.2, 0.25) is 0 Å². The Balaban J connectivity index is 2.01. The first-order valence-electron chi connectivity index (χ1n) is 5.81. The van der Waals surface area contributed by atoms with Crippen molar-refractivity contribution in [2.75, 3.05) is 19.6 Å². The molecular weight excluding hydrogens is 234 g/mol. The quantitative estimate of drug-likeness (QED) is 0.859. The van der Waals surface area contributed by atoms with Crippen molar-refractivity contribution in [2.45, 2.75) is 19.9 Å². The molecule has 1 atom stereocenters. The zero-order valence-corrected chi connectivity index (χ0v) is 11.1. The molecule has 1 unspecified atom stereocenters. The number of nitrogens with two attached hydrogens (primary N) is 1. The molecule has 0 radical (unpaired) electrons. The van der Waals surface area contributed by atoms with Crippen molar-refractivity contribution >= 4 is 17.4 Å². The number of carbonyl (C=O) groups excluding carboxylic acids is 1. The summed E-state index contributed by atoms with van der Waals surface area (Å²) in [6.07, 6.45) is 0. The van der Waals surface area contributed by atoms with E-state index in [9.17, 15) is 4.79 Å². The highest BCUT2D eigenvalue weighted by Crippen LogP contribution is 2.26. The van der Waals surface area contributed by atoms with E-state index < -0.39 is 0 Å². The lowest BCUT2D eigenvalue weighted by Crippen LogP contribution is -2.40. The number of hydrogen-bond acceptors (Lipinski definition) is 3. The van der Waals surface area contributed by atoms with Gasteiger partial charge in [-0.1, -0.05) is 19.9 Å². The monoisotopic (exact) mass is 253 g/mol. The van der Waals surface area contributed by atoms with Crippen molar-refractivity contribution in [3.8, 4) is 0 Å². The molecule has 94 valence electrons. The Bertz CT molecular complexity index is 388. The third kappa shape index (κ3) is 2.79. The molecule has 2 heterocycles. The summed E-state index contributed by atoms with van der Waals surface area (Å²) in [4.78, 5) is 14.9. The zero-order valence-electron chi connectivity index (χ0n) is 10.3. The smallest absolute Gasteiger partial charge is 0.318 e. The van der Waals surface area contributed by atoms with Gasteiger partial charge in [-0.3, -0.25) is 0 Å². The maximum Gasteiger partial charge on any atom is 0.318 e. The van der Waals surface area contributed by atoms with Crippen LogP contribution in [0.2, 0.25) is 0 Å². The minimum atomic E-state index is -0.0261. The van der Waals surface area contributed by atoms with Crippen molar-refractivity contribution in [3.05, 3.63) is 22.4 Å². The molecular formula is C12H19N3OS. The van der Waals surface area contributed by atoms with Gasteiger partial charge in [0.25, 0.3) is 0 Å². The van der Waals surface area contributed by atoms with Crippen LogP contribution in [0.5, 0.6) is 0 Å². The molecule has 0 saturated carbocycles. The van der Waals surface area contributed by atoms with E-state index in [0.29, 0.717) is 13.1 Å². The molecule has 1 saturated heterocycles. The fourth-order valence-electron chi connectivity index (χ4n) is 1.96. The van der Waals surface area contributed by atoms with E-state index in [1.54, 1.807) is 11.3 Å². The molecule has 3 N–H and O–H groups in total. The van der Waals surface area contributed by atoms with E-state index >= 15 is 0 Å². The Morgan fingerprint density at radius 2 is 2.41 bits per heavy atom. The number of nitrogens with one attached hydrogen (secondary N) is 1. The minimum absolute atomic E-state index is 0.0184. The highest BCUT2D eigenvalue weighted by molar-refractivity contribution is 7.10. The van der Waals surface area contributed by atoms with Gasteiger partial charge >= 0.3 is 6.03 Å². The average molecular weight is 253 g/mol. The Morgan fingerprint density at radius 3 is 3.00 bits per heavy atom. The molecule has 5 heteroatoms. The molecule has 1 aromatic rings. The number of rotatable bonds is 4. The maximum absolute atomic E-state index is 11.9. The number of carbonyl (C=O) groups is 1. The molecule has 1 aromatic heterocycles. The fourth-order valence-corrected chi connectivity index (χ4v) is 2.73. The van der Waals surface area contributed by atoms with Gasteiger partial charge in [-0.25, -0.2) is 4.79 Å². The first-order chi connectivity index (χ1) is 8.02. The highest BCUT2D eigenvalue weighted by Gasteiger charge is 2.33. The number of amides is 2. The third-order valence-corrected chi connectivity index (χ3v) is 4.03. The van der Waals surface area contributed by atoms with Crippen molar-refractivity contribution in [1.29, 1.82) is 0 Å². The predicted octanol–water partition coefficient (Wildman–Crippen LogP) is 1.80. The molecule has 1 aliphatic heterocycles. The van der Waals surface area contributed by atoms with Gasteiger partial charge in [-0.05, 0) is 23.4 Å². The Labute approximate surface area is 106 Å². The van der Waals surface area contributed by atoms with Crippen LogP contribution in [0.1, 0.15) is 24.8 Å². The van der Waals surface area contributed by atoms with E-state index in [1.807, 2.05) is 16.3 Å². The van der Waals surface area contributed by atoms with Gasteiger partial charge in [0.05, 0.1) is 6.04 Å². The summed E-state index contributed by atoms with van der Waals surface area (Å²) in [5.74, 6) is 0. The number of nitrogens with zero attached hydrogens (tertiary/aromatic N) is 1. The van der Waals surface area contributed by atoms with Crippen molar-refractivity contribution < 1.29 is 4.79 Å². The molecule has 17 heavy (non-hydrogen) atoms. The van der Waals surface area contributed by atoms with E-state index in [4.69, 9.17) is 5.73 Å². The molecule has 1 fully saturated rings. The summed E-state index contributed by atoms with van der Waals surface area (Å²) in [6, 6.07) is 4.23. The Hall–Kier alpha value is -1.07. The van der Waals surface area contributed by atoms with Crippen molar-refractivity contribution in [1.82, 2.24) is 10.2 Å². The summed E-state index contributed by atoms with van der Waals surface area (Å²) in [6.45, 7) is 6.19. The second-order valence-electron chi connectivity index (χ2n) is 5.27. The lowest BCUT2D eigenvalue weighted by atomic mass is 9.93. The first kappa shape index (κ1) is 12.4. The van der Waals surface area contributed by atoms with Crippen LogP contribution in [0.15, 0.2) is 17.5 Å². The highest BCUT2D eigenvalue weighted by atomic mass is 32.1. The SMILES string of the molecule is CC(C)(CN)CN1CC(c2cccs2)NC1=O. The largest absolute Gasteiger partial charge is 0.330 e. The fraction of sp³-hybridized carbons (Fsp3) is 0.583. The normalized spacial score (nSPS) is 20.8. The van der Waals surface area contributed by atoms with Gasteiger partial charge in [0, 0.05) is 18.0 Å².